The average molecular weight is 460 g/mol. The molecule has 8 nitrogen and oxygen atoms in total. The minimum atomic E-state index is -0.514. The molecule has 170 valence electrons. The second kappa shape index (κ2) is 10.4. The molecule has 0 fully saturated rings. The Morgan fingerprint density at radius 2 is 1.75 bits per heavy atom. The van der Waals surface area contributed by atoms with Crippen LogP contribution in [0.3, 0.4) is 0 Å². The highest BCUT2D eigenvalue weighted by Gasteiger charge is 2.17. The first kappa shape index (κ1) is 23.4. The smallest absolute Gasteiger partial charge is 0.331 e. The van der Waals surface area contributed by atoms with E-state index in [-0.39, 0.29) is 12.1 Å². The number of aromatic nitrogens is 2. The van der Waals surface area contributed by atoms with Crippen molar-refractivity contribution >= 4 is 34.1 Å². The number of hydrogen-bond donors (Lipinski definition) is 1. The fourth-order valence-electron chi connectivity index (χ4n) is 3.53. The van der Waals surface area contributed by atoms with E-state index in [1.165, 1.54) is 29.4 Å². The number of methoxy groups -OCH3 is 2. The van der Waals surface area contributed by atoms with E-state index in [0.717, 1.165) is 12.8 Å². The number of nitrogens with zero attached hydrogens (tertiary/aromatic N) is 2. The summed E-state index contributed by atoms with van der Waals surface area (Å²) in [7, 11) is 2.94. The minimum absolute atomic E-state index is 0.278. The van der Waals surface area contributed by atoms with Crippen molar-refractivity contribution in [3.05, 3.63) is 62.3 Å². The summed E-state index contributed by atoms with van der Waals surface area (Å²) in [5.74, 6) is 0.305. The molecule has 0 unspecified atom stereocenters. The number of halogens is 1. The first-order chi connectivity index (χ1) is 15.4. The second-order valence-corrected chi connectivity index (χ2v) is 7.69. The van der Waals surface area contributed by atoms with Crippen LogP contribution in [-0.2, 0) is 17.9 Å². The van der Waals surface area contributed by atoms with E-state index in [1.807, 2.05) is 6.92 Å². The van der Waals surface area contributed by atoms with Gasteiger partial charge >= 0.3 is 5.69 Å². The number of unbranched alkanes of at least 4 members (excludes halogenated alkanes) is 2. The van der Waals surface area contributed by atoms with E-state index < -0.39 is 11.6 Å². The van der Waals surface area contributed by atoms with Crippen LogP contribution in [0.25, 0.3) is 10.9 Å². The first-order valence-electron chi connectivity index (χ1n) is 10.3. The number of rotatable bonds is 9. The van der Waals surface area contributed by atoms with Gasteiger partial charge in [-0.15, -0.1) is 0 Å². The molecule has 0 saturated carbocycles. The van der Waals surface area contributed by atoms with Crippen LogP contribution in [0.15, 0.2) is 46.0 Å². The van der Waals surface area contributed by atoms with E-state index in [0.29, 0.717) is 46.1 Å². The molecule has 1 aromatic heterocycles. The minimum Gasteiger partial charge on any atom is -0.495 e. The molecule has 0 saturated heterocycles. The number of para-hydroxylation sites is 1. The van der Waals surface area contributed by atoms with Gasteiger partial charge in [-0.05, 0) is 24.6 Å². The number of fused-ring (bicyclic) bond motifs is 1. The molecule has 9 heteroatoms. The number of hydrogen-bond acceptors (Lipinski definition) is 5. The van der Waals surface area contributed by atoms with Gasteiger partial charge in [0, 0.05) is 12.6 Å². The Kier molecular flexibility index (Phi) is 7.58. The monoisotopic (exact) mass is 459 g/mol. The molecule has 0 spiro atoms. The summed E-state index contributed by atoms with van der Waals surface area (Å²) >= 11 is 6.18. The van der Waals surface area contributed by atoms with E-state index in [9.17, 15) is 14.4 Å². The standard InChI is InChI=1S/C23H26ClN3O5/c1-4-5-8-11-26-22(29)15-9-6-7-10-18(15)27(23(26)30)14-21(28)25-17-12-16(24)19(31-2)13-20(17)32-3/h6-7,9-10,12-13H,4-5,8,11,14H2,1-3H3,(H,25,28). The topological polar surface area (TPSA) is 91.6 Å². The predicted octanol–water partition coefficient (Wildman–Crippen LogP) is 3.66. The zero-order chi connectivity index (χ0) is 23.3. The molecule has 0 aliphatic carbocycles. The quantitative estimate of drug-likeness (QED) is 0.493. The maximum atomic E-state index is 13.1. The van der Waals surface area contributed by atoms with Crippen molar-refractivity contribution in [1.29, 1.82) is 0 Å². The third-order valence-corrected chi connectivity index (χ3v) is 5.46. The van der Waals surface area contributed by atoms with Gasteiger partial charge in [-0.1, -0.05) is 43.5 Å². The van der Waals surface area contributed by atoms with Gasteiger partial charge < -0.3 is 14.8 Å². The normalized spacial score (nSPS) is 10.9. The molecule has 1 N–H and O–H groups in total. The van der Waals surface area contributed by atoms with Gasteiger partial charge in [0.2, 0.25) is 5.91 Å². The van der Waals surface area contributed by atoms with Crippen LogP contribution >= 0.6 is 11.6 Å². The molecule has 32 heavy (non-hydrogen) atoms. The predicted molar refractivity (Wildman–Crippen MR) is 125 cm³/mol. The Morgan fingerprint density at radius 3 is 2.44 bits per heavy atom. The molecular weight excluding hydrogens is 434 g/mol. The number of carbonyl (C=O) groups is 1. The average Bonchev–Trinajstić information content (AvgIpc) is 2.79. The Bertz CT molecular complexity index is 1250. The summed E-state index contributed by atoms with van der Waals surface area (Å²) in [5.41, 5.74) is -0.109. The SMILES string of the molecule is CCCCCn1c(=O)c2ccccc2n(CC(=O)Nc2cc(Cl)c(OC)cc2OC)c1=O. The zero-order valence-electron chi connectivity index (χ0n) is 18.3. The van der Waals surface area contributed by atoms with Gasteiger partial charge in [0.25, 0.3) is 5.56 Å². The van der Waals surface area contributed by atoms with E-state index in [1.54, 1.807) is 30.3 Å². The van der Waals surface area contributed by atoms with Crippen LogP contribution < -0.4 is 26.0 Å². The fraction of sp³-hybridized carbons (Fsp3) is 0.348. The summed E-state index contributed by atoms with van der Waals surface area (Å²) in [5, 5.41) is 3.42. The van der Waals surface area contributed by atoms with Gasteiger partial charge in [0.05, 0.1) is 35.8 Å². The van der Waals surface area contributed by atoms with Crippen LogP contribution in [0.2, 0.25) is 5.02 Å². The lowest BCUT2D eigenvalue weighted by Gasteiger charge is -2.16. The molecule has 0 aliphatic heterocycles. The lowest BCUT2D eigenvalue weighted by Crippen LogP contribution is -2.41. The van der Waals surface area contributed by atoms with Gasteiger partial charge in [-0.2, -0.15) is 0 Å². The van der Waals surface area contributed by atoms with Crippen LogP contribution in [0, 0.1) is 0 Å². The van der Waals surface area contributed by atoms with Gasteiger partial charge in [-0.3, -0.25) is 18.7 Å². The summed E-state index contributed by atoms with van der Waals surface area (Å²) in [4.78, 5) is 38.9. The van der Waals surface area contributed by atoms with Gasteiger partial charge in [0.15, 0.2) is 0 Å². The number of ether oxygens (including phenoxy) is 2. The van der Waals surface area contributed by atoms with Crippen molar-refractivity contribution in [2.75, 3.05) is 19.5 Å². The van der Waals surface area contributed by atoms with E-state index in [2.05, 4.69) is 5.32 Å². The maximum absolute atomic E-state index is 13.1. The van der Waals surface area contributed by atoms with Gasteiger partial charge in [0.1, 0.15) is 18.0 Å². The number of nitrogens with one attached hydrogen (secondary N) is 1. The summed E-state index contributed by atoms with van der Waals surface area (Å²) < 4.78 is 13.0. The number of anilines is 1. The van der Waals surface area contributed by atoms with Crippen LogP contribution in [0.1, 0.15) is 26.2 Å². The van der Waals surface area contributed by atoms with E-state index in [4.69, 9.17) is 21.1 Å². The molecule has 2 aromatic carbocycles. The number of carbonyl (C=O) groups excluding carboxylic acids is 1. The molecule has 0 bridgehead atoms. The third kappa shape index (κ3) is 4.80. The summed E-state index contributed by atoms with van der Waals surface area (Å²) in [6, 6.07) is 9.86. The highest BCUT2D eigenvalue weighted by molar-refractivity contribution is 6.32. The lowest BCUT2D eigenvalue weighted by atomic mass is 10.2. The van der Waals surface area contributed by atoms with Crippen molar-refractivity contribution < 1.29 is 14.3 Å². The molecule has 1 amide bonds. The van der Waals surface area contributed by atoms with Crippen LogP contribution in [0.4, 0.5) is 5.69 Å². The van der Waals surface area contributed by atoms with Crippen LogP contribution in [-0.4, -0.2) is 29.3 Å². The Labute approximate surface area is 190 Å². The maximum Gasteiger partial charge on any atom is 0.331 e. The van der Waals surface area contributed by atoms with E-state index >= 15 is 0 Å². The summed E-state index contributed by atoms with van der Waals surface area (Å²) in [6.45, 7) is 2.07. The van der Waals surface area contributed by atoms with Crippen molar-refractivity contribution in [2.24, 2.45) is 0 Å². The molecule has 0 radical (unpaired) electrons. The van der Waals surface area contributed by atoms with Crippen molar-refractivity contribution in [3.63, 3.8) is 0 Å². The Balaban J connectivity index is 1.98. The molecule has 3 rings (SSSR count). The lowest BCUT2D eigenvalue weighted by molar-refractivity contribution is -0.116. The highest BCUT2D eigenvalue weighted by atomic mass is 35.5. The number of benzene rings is 2. The second-order valence-electron chi connectivity index (χ2n) is 7.28. The van der Waals surface area contributed by atoms with Crippen molar-refractivity contribution in [1.82, 2.24) is 9.13 Å². The zero-order valence-corrected chi connectivity index (χ0v) is 19.1. The summed E-state index contributed by atoms with van der Waals surface area (Å²) in [6.07, 6.45) is 2.57. The largest absolute Gasteiger partial charge is 0.495 e. The molecule has 3 aromatic rings. The van der Waals surface area contributed by atoms with Crippen molar-refractivity contribution in [2.45, 2.75) is 39.3 Å². The van der Waals surface area contributed by atoms with Crippen LogP contribution in [0.5, 0.6) is 11.5 Å². The Morgan fingerprint density at radius 1 is 1.03 bits per heavy atom. The van der Waals surface area contributed by atoms with Gasteiger partial charge in [-0.25, -0.2) is 4.79 Å². The fourth-order valence-corrected chi connectivity index (χ4v) is 3.77. The molecule has 0 atom stereocenters. The Hall–Kier alpha value is -3.26. The molecular formula is C23H26ClN3O5. The van der Waals surface area contributed by atoms with Crippen molar-refractivity contribution in [3.8, 4) is 11.5 Å². The number of amides is 1. The highest BCUT2D eigenvalue weighted by Crippen LogP contribution is 2.35. The third-order valence-electron chi connectivity index (χ3n) is 5.17. The first-order valence-corrected chi connectivity index (χ1v) is 10.7. The molecule has 0 aliphatic rings. The molecule has 1 heterocycles.